The Kier molecular flexibility index (Phi) is 5.11. The number of aromatic nitrogens is 1. The Balaban J connectivity index is 1.51. The highest BCUT2D eigenvalue weighted by atomic mass is 16.5. The zero-order valence-corrected chi connectivity index (χ0v) is 14.0. The van der Waals surface area contributed by atoms with Crippen molar-refractivity contribution in [3.8, 4) is 5.88 Å². The van der Waals surface area contributed by atoms with E-state index in [2.05, 4.69) is 24.1 Å². The number of pyridine rings is 1. The SMILES string of the molecule is Cc1cc(C)nc(O[C@@H]2CCC=C(CCC(=O)C3COC3)C2)c1. The number of carbonyl (C=O) groups is 1. The van der Waals surface area contributed by atoms with E-state index >= 15 is 0 Å². The number of carbonyl (C=O) groups excluding carboxylic acids is 1. The topological polar surface area (TPSA) is 48.4 Å². The standard InChI is InChI=1S/C19H25NO3/c1-13-8-14(2)20-19(9-13)23-17-5-3-4-15(10-17)6-7-18(21)16-11-22-12-16/h4,8-9,16-17H,3,5-7,10-12H2,1-2H3/t17-/m1/s1. The highest BCUT2D eigenvalue weighted by molar-refractivity contribution is 5.82. The van der Waals surface area contributed by atoms with Gasteiger partial charge >= 0.3 is 0 Å². The molecule has 1 aromatic heterocycles. The van der Waals surface area contributed by atoms with Gasteiger partial charge in [0.2, 0.25) is 5.88 Å². The molecular weight excluding hydrogens is 290 g/mol. The second-order valence-corrected chi connectivity index (χ2v) is 6.71. The molecule has 0 unspecified atom stereocenters. The van der Waals surface area contributed by atoms with Gasteiger partial charge in [-0.3, -0.25) is 4.79 Å². The molecule has 0 aromatic carbocycles. The normalized spacial score (nSPS) is 21.5. The molecule has 1 fully saturated rings. The highest BCUT2D eigenvalue weighted by Gasteiger charge is 2.26. The lowest BCUT2D eigenvalue weighted by molar-refractivity contribution is -0.136. The van der Waals surface area contributed by atoms with E-state index in [0.29, 0.717) is 25.4 Å². The summed E-state index contributed by atoms with van der Waals surface area (Å²) in [7, 11) is 0. The van der Waals surface area contributed by atoms with Crippen LogP contribution in [0.2, 0.25) is 0 Å². The van der Waals surface area contributed by atoms with Gasteiger partial charge in [-0.2, -0.15) is 0 Å². The average Bonchev–Trinajstić information content (AvgIpc) is 2.42. The van der Waals surface area contributed by atoms with Gasteiger partial charge in [0.05, 0.1) is 19.1 Å². The largest absolute Gasteiger partial charge is 0.474 e. The third-order valence-corrected chi connectivity index (χ3v) is 4.56. The van der Waals surface area contributed by atoms with Crippen LogP contribution in [0.25, 0.3) is 0 Å². The van der Waals surface area contributed by atoms with Crippen molar-refractivity contribution in [1.82, 2.24) is 4.98 Å². The van der Waals surface area contributed by atoms with Crippen LogP contribution in [-0.2, 0) is 9.53 Å². The number of hydrogen-bond acceptors (Lipinski definition) is 4. The lowest BCUT2D eigenvalue weighted by Crippen LogP contribution is -2.34. The van der Waals surface area contributed by atoms with E-state index in [1.807, 2.05) is 13.0 Å². The molecule has 0 N–H and O–H groups in total. The molecule has 0 bridgehead atoms. The van der Waals surface area contributed by atoms with E-state index in [4.69, 9.17) is 9.47 Å². The van der Waals surface area contributed by atoms with E-state index in [1.165, 1.54) is 11.1 Å². The van der Waals surface area contributed by atoms with Crippen LogP contribution in [0.15, 0.2) is 23.8 Å². The summed E-state index contributed by atoms with van der Waals surface area (Å²) in [6.45, 7) is 5.27. The molecule has 2 aliphatic rings. The lowest BCUT2D eigenvalue weighted by Gasteiger charge is -2.26. The number of Topliss-reactive ketones (excluding diaryl/α,β-unsaturated/α-hetero) is 1. The van der Waals surface area contributed by atoms with Crippen molar-refractivity contribution in [2.45, 2.75) is 52.1 Å². The molecule has 1 aromatic rings. The molecule has 1 aliphatic heterocycles. The van der Waals surface area contributed by atoms with Crippen LogP contribution >= 0.6 is 0 Å². The summed E-state index contributed by atoms with van der Waals surface area (Å²) >= 11 is 0. The summed E-state index contributed by atoms with van der Waals surface area (Å²) in [6, 6.07) is 4.04. The van der Waals surface area contributed by atoms with Crippen molar-refractivity contribution in [2.24, 2.45) is 5.92 Å². The molecule has 0 amide bonds. The molecule has 1 atom stereocenters. The first-order valence-corrected chi connectivity index (χ1v) is 8.50. The van der Waals surface area contributed by atoms with Crippen LogP contribution in [0.3, 0.4) is 0 Å². The van der Waals surface area contributed by atoms with Gasteiger partial charge in [0.25, 0.3) is 0 Å². The van der Waals surface area contributed by atoms with Gasteiger partial charge in [-0.1, -0.05) is 11.6 Å². The van der Waals surface area contributed by atoms with E-state index in [1.54, 1.807) is 0 Å². The predicted octanol–water partition coefficient (Wildman–Crippen LogP) is 3.55. The number of aryl methyl sites for hydroxylation is 2. The van der Waals surface area contributed by atoms with Gasteiger partial charge in [-0.15, -0.1) is 0 Å². The number of ether oxygens (including phenoxy) is 2. The van der Waals surface area contributed by atoms with Crippen molar-refractivity contribution in [3.63, 3.8) is 0 Å². The first-order valence-electron chi connectivity index (χ1n) is 8.50. The Morgan fingerprint density at radius 1 is 1.35 bits per heavy atom. The number of rotatable bonds is 6. The molecule has 1 saturated heterocycles. The zero-order chi connectivity index (χ0) is 16.2. The molecule has 0 spiro atoms. The maximum atomic E-state index is 12.0. The Hall–Kier alpha value is -1.68. The molecule has 2 heterocycles. The van der Waals surface area contributed by atoms with Crippen molar-refractivity contribution in [3.05, 3.63) is 35.0 Å². The summed E-state index contributed by atoms with van der Waals surface area (Å²) in [4.78, 5) is 16.4. The van der Waals surface area contributed by atoms with Gasteiger partial charge in [-0.25, -0.2) is 4.98 Å². The van der Waals surface area contributed by atoms with Crippen molar-refractivity contribution in [1.29, 1.82) is 0 Å². The summed E-state index contributed by atoms with van der Waals surface area (Å²) in [5.41, 5.74) is 3.51. The fourth-order valence-electron chi connectivity index (χ4n) is 3.20. The van der Waals surface area contributed by atoms with Gasteiger partial charge in [0, 0.05) is 24.6 Å². The highest BCUT2D eigenvalue weighted by Crippen LogP contribution is 2.27. The van der Waals surface area contributed by atoms with E-state index in [0.717, 1.165) is 37.3 Å². The Bertz CT molecular complexity index is 584. The van der Waals surface area contributed by atoms with Crippen LogP contribution in [0.4, 0.5) is 0 Å². The minimum Gasteiger partial charge on any atom is -0.474 e. The zero-order valence-electron chi connectivity index (χ0n) is 14.0. The van der Waals surface area contributed by atoms with E-state index < -0.39 is 0 Å². The first kappa shape index (κ1) is 16.2. The lowest BCUT2D eigenvalue weighted by atomic mass is 9.90. The van der Waals surface area contributed by atoms with Crippen LogP contribution in [-0.4, -0.2) is 30.1 Å². The third kappa shape index (κ3) is 4.41. The molecule has 1 aliphatic carbocycles. The number of nitrogens with zero attached hydrogens (tertiary/aromatic N) is 1. The number of hydrogen-bond donors (Lipinski definition) is 0. The average molecular weight is 315 g/mol. The number of allylic oxidation sites excluding steroid dienone is 1. The molecule has 3 rings (SSSR count). The Morgan fingerprint density at radius 2 is 2.17 bits per heavy atom. The predicted molar refractivity (Wildman–Crippen MR) is 88.6 cm³/mol. The Labute approximate surface area is 137 Å². The molecule has 4 heteroatoms. The summed E-state index contributed by atoms with van der Waals surface area (Å²) in [5.74, 6) is 1.21. The van der Waals surface area contributed by atoms with Crippen LogP contribution in [0.1, 0.15) is 43.4 Å². The summed E-state index contributed by atoms with van der Waals surface area (Å²) in [6.07, 6.45) is 6.88. The minimum absolute atomic E-state index is 0.144. The van der Waals surface area contributed by atoms with Crippen molar-refractivity contribution in [2.75, 3.05) is 13.2 Å². The molecule has 0 saturated carbocycles. The van der Waals surface area contributed by atoms with E-state index in [-0.39, 0.29) is 12.0 Å². The second kappa shape index (κ2) is 7.26. The molecule has 23 heavy (non-hydrogen) atoms. The Morgan fingerprint density at radius 3 is 2.87 bits per heavy atom. The molecule has 0 radical (unpaired) electrons. The molecular formula is C19H25NO3. The first-order chi connectivity index (χ1) is 11.1. The monoisotopic (exact) mass is 315 g/mol. The third-order valence-electron chi connectivity index (χ3n) is 4.56. The van der Waals surface area contributed by atoms with Crippen LogP contribution in [0.5, 0.6) is 5.88 Å². The molecule has 124 valence electrons. The quantitative estimate of drug-likeness (QED) is 0.753. The van der Waals surface area contributed by atoms with Gasteiger partial charge in [0.15, 0.2) is 0 Å². The second-order valence-electron chi connectivity index (χ2n) is 6.71. The van der Waals surface area contributed by atoms with E-state index in [9.17, 15) is 4.79 Å². The minimum atomic E-state index is 0.144. The van der Waals surface area contributed by atoms with Crippen LogP contribution < -0.4 is 4.74 Å². The fourth-order valence-corrected chi connectivity index (χ4v) is 3.20. The van der Waals surface area contributed by atoms with Gasteiger partial charge < -0.3 is 9.47 Å². The van der Waals surface area contributed by atoms with Crippen molar-refractivity contribution < 1.29 is 14.3 Å². The maximum absolute atomic E-state index is 12.0. The fraction of sp³-hybridized carbons (Fsp3) is 0.579. The van der Waals surface area contributed by atoms with Gasteiger partial charge in [0.1, 0.15) is 11.9 Å². The summed E-state index contributed by atoms with van der Waals surface area (Å²) in [5, 5.41) is 0. The van der Waals surface area contributed by atoms with Crippen molar-refractivity contribution >= 4 is 5.78 Å². The maximum Gasteiger partial charge on any atom is 0.213 e. The summed E-state index contributed by atoms with van der Waals surface area (Å²) < 4.78 is 11.2. The number of ketones is 1. The smallest absolute Gasteiger partial charge is 0.213 e. The van der Waals surface area contributed by atoms with Gasteiger partial charge in [-0.05, 0) is 44.7 Å². The molecule has 4 nitrogen and oxygen atoms in total. The van der Waals surface area contributed by atoms with Crippen LogP contribution in [0, 0.1) is 19.8 Å².